The van der Waals surface area contributed by atoms with Crippen molar-refractivity contribution in [3.05, 3.63) is 23.7 Å². The summed E-state index contributed by atoms with van der Waals surface area (Å²) in [5.74, 6) is -0.444. The van der Waals surface area contributed by atoms with Gasteiger partial charge in [-0.05, 0) is 13.8 Å². The van der Waals surface area contributed by atoms with Gasteiger partial charge in [0.2, 0.25) is 5.95 Å². The van der Waals surface area contributed by atoms with Crippen molar-refractivity contribution in [2.75, 3.05) is 24.3 Å². The monoisotopic (exact) mass is 380 g/mol. The Morgan fingerprint density at radius 1 is 1.27 bits per heavy atom. The second-order valence-corrected chi connectivity index (χ2v) is 5.36. The zero-order valence-electron chi connectivity index (χ0n) is 14.1. The highest BCUT2D eigenvalue weighted by molar-refractivity contribution is 5.58. The van der Waals surface area contributed by atoms with Crippen molar-refractivity contribution < 1.29 is 26.7 Å². The van der Waals surface area contributed by atoms with E-state index in [9.17, 15) is 22.0 Å². The smallest absolute Gasteiger partial charge is 0.372 e. The number of nitrogens with zero attached hydrogens (tertiary/aromatic N) is 4. The Hall–Kier alpha value is -2.50. The first-order valence-corrected chi connectivity index (χ1v) is 7.46. The minimum atomic E-state index is -4.59. The first kappa shape index (κ1) is 19.8. The van der Waals surface area contributed by atoms with Crippen molar-refractivity contribution in [1.82, 2.24) is 19.7 Å². The van der Waals surface area contributed by atoms with Crippen molar-refractivity contribution >= 4 is 17.5 Å². The standard InChI is InChI=1S/C14H17F5N6O/c1-7(6-26-12(15)16)25-8(2)10(5-22-25)23-13-21-4-9(14(17,18)19)11(20-3)24-13/h4-5,7,12H,6H2,1-3H3,(H2,20,21,23,24). The van der Waals surface area contributed by atoms with Gasteiger partial charge in [-0.1, -0.05) is 0 Å². The molecule has 26 heavy (non-hydrogen) atoms. The van der Waals surface area contributed by atoms with E-state index >= 15 is 0 Å². The molecule has 1 atom stereocenters. The molecule has 0 bridgehead atoms. The first-order valence-electron chi connectivity index (χ1n) is 7.46. The highest BCUT2D eigenvalue weighted by Crippen LogP contribution is 2.34. The van der Waals surface area contributed by atoms with E-state index in [4.69, 9.17) is 0 Å². The van der Waals surface area contributed by atoms with Gasteiger partial charge in [0.1, 0.15) is 11.4 Å². The van der Waals surface area contributed by atoms with Crippen LogP contribution in [-0.4, -0.2) is 40.0 Å². The molecule has 0 aliphatic rings. The molecule has 0 amide bonds. The van der Waals surface area contributed by atoms with E-state index in [2.05, 4.69) is 30.4 Å². The lowest BCUT2D eigenvalue weighted by Gasteiger charge is -2.15. The first-order chi connectivity index (χ1) is 12.1. The third-order valence-electron chi connectivity index (χ3n) is 3.50. The highest BCUT2D eigenvalue weighted by Gasteiger charge is 2.35. The summed E-state index contributed by atoms with van der Waals surface area (Å²) in [5, 5.41) is 9.21. The maximum atomic E-state index is 12.9. The molecule has 0 saturated carbocycles. The van der Waals surface area contributed by atoms with Crippen molar-refractivity contribution in [3.8, 4) is 0 Å². The van der Waals surface area contributed by atoms with Crippen LogP contribution in [0.3, 0.4) is 0 Å². The Balaban J connectivity index is 2.19. The lowest BCUT2D eigenvalue weighted by molar-refractivity contribution is -0.137. The lowest BCUT2D eigenvalue weighted by atomic mass is 10.3. The molecular weight excluding hydrogens is 363 g/mol. The summed E-state index contributed by atoms with van der Waals surface area (Å²) in [6.45, 7) is 0.170. The highest BCUT2D eigenvalue weighted by atomic mass is 19.4. The lowest BCUT2D eigenvalue weighted by Crippen LogP contribution is -2.17. The SMILES string of the molecule is CNc1nc(Nc2cnn(C(C)COC(F)F)c2C)ncc1C(F)(F)F. The van der Waals surface area contributed by atoms with Crippen LogP contribution >= 0.6 is 0 Å². The van der Waals surface area contributed by atoms with Gasteiger partial charge in [-0.25, -0.2) is 4.98 Å². The second kappa shape index (κ2) is 7.81. The van der Waals surface area contributed by atoms with E-state index < -0.39 is 24.4 Å². The number of halogens is 5. The fourth-order valence-corrected chi connectivity index (χ4v) is 2.23. The maximum absolute atomic E-state index is 12.9. The van der Waals surface area contributed by atoms with Gasteiger partial charge in [-0.2, -0.15) is 32.0 Å². The summed E-state index contributed by atoms with van der Waals surface area (Å²) in [6, 6.07) is -0.471. The molecule has 0 fully saturated rings. The average Bonchev–Trinajstić information content (AvgIpc) is 2.92. The largest absolute Gasteiger partial charge is 0.421 e. The summed E-state index contributed by atoms with van der Waals surface area (Å²) < 4.78 is 68.5. The van der Waals surface area contributed by atoms with Gasteiger partial charge >= 0.3 is 12.8 Å². The molecule has 0 aliphatic carbocycles. The molecular formula is C14H17F5N6O. The zero-order chi connectivity index (χ0) is 19.5. The number of aromatic nitrogens is 4. The van der Waals surface area contributed by atoms with Gasteiger partial charge < -0.3 is 15.4 Å². The van der Waals surface area contributed by atoms with Crippen LogP contribution in [0.25, 0.3) is 0 Å². The number of hydrogen-bond acceptors (Lipinski definition) is 6. The van der Waals surface area contributed by atoms with E-state index in [0.29, 0.717) is 17.6 Å². The van der Waals surface area contributed by atoms with Gasteiger partial charge in [0, 0.05) is 13.2 Å². The second-order valence-electron chi connectivity index (χ2n) is 5.36. The number of hydrogen-bond donors (Lipinski definition) is 2. The number of nitrogens with one attached hydrogen (secondary N) is 2. The van der Waals surface area contributed by atoms with Crippen molar-refractivity contribution in [1.29, 1.82) is 0 Å². The van der Waals surface area contributed by atoms with Gasteiger partial charge in [0.25, 0.3) is 0 Å². The Kier molecular flexibility index (Phi) is 5.95. The van der Waals surface area contributed by atoms with E-state index in [1.54, 1.807) is 13.8 Å². The molecule has 2 aromatic heterocycles. The fraction of sp³-hybridized carbons (Fsp3) is 0.500. The Morgan fingerprint density at radius 3 is 2.54 bits per heavy atom. The molecule has 1 unspecified atom stereocenters. The minimum Gasteiger partial charge on any atom is -0.372 e. The van der Waals surface area contributed by atoms with Crippen molar-refractivity contribution in [3.63, 3.8) is 0 Å². The average molecular weight is 380 g/mol. The van der Waals surface area contributed by atoms with Crippen LogP contribution in [-0.2, 0) is 10.9 Å². The normalized spacial score (nSPS) is 13.1. The van der Waals surface area contributed by atoms with Crippen LogP contribution in [0.1, 0.15) is 24.2 Å². The summed E-state index contributed by atoms with van der Waals surface area (Å²) >= 11 is 0. The maximum Gasteiger partial charge on any atom is 0.421 e. The molecule has 2 aromatic rings. The number of alkyl halides is 5. The topological polar surface area (TPSA) is 76.9 Å². The molecule has 0 saturated heterocycles. The summed E-state index contributed by atoms with van der Waals surface area (Å²) in [5.41, 5.74) is -0.00341. The third-order valence-corrected chi connectivity index (χ3v) is 3.50. The third kappa shape index (κ3) is 4.56. The fourth-order valence-electron chi connectivity index (χ4n) is 2.23. The molecule has 2 heterocycles. The Bertz CT molecular complexity index is 748. The van der Waals surface area contributed by atoms with Crippen LogP contribution in [0.4, 0.5) is 39.4 Å². The van der Waals surface area contributed by atoms with Gasteiger partial charge in [-0.15, -0.1) is 0 Å². The molecule has 144 valence electrons. The van der Waals surface area contributed by atoms with Crippen LogP contribution in [0.5, 0.6) is 0 Å². The van der Waals surface area contributed by atoms with Gasteiger partial charge in [0.15, 0.2) is 0 Å². The van der Waals surface area contributed by atoms with E-state index in [1.807, 2.05) is 0 Å². The summed E-state index contributed by atoms with van der Waals surface area (Å²) in [6.07, 6.45) is -2.52. The Labute approximate surface area is 145 Å². The van der Waals surface area contributed by atoms with Crippen LogP contribution < -0.4 is 10.6 Å². The van der Waals surface area contributed by atoms with Gasteiger partial charge in [0.05, 0.1) is 30.2 Å². The molecule has 7 nitrogen and oxygen atoms in total. The van der Waals surface area contributed by atoms with Crippen LogP contribution in [0, 0.1) is 6.92 Å². The molecule has 2 N–H and O–H groups in total. The van der Waals surface area contributed by atoms with Crippen molar-refractivity contribution in [2.24, 2.45) is 0 Å². The number of ether oxygens (including phenoxy) is 1. The predicted molar refractivity (Wildman–Crippen MR) is 83.5 cm³/mol. The molecule has 2 rings (SSSR count). The predicted octanol–water partition coefficient (Wildman–Crippen LogP) is 3.59. The minimum absolute atomic E-state index is 0.0681. The van der Waals surface area contributed by atoms with E-state index in [1.165, 1.54) is 17.9 Å². The number of rotatable bonds is 7. The summed E-state index contributed by atoms with van der Waals surface area (Å²) in [7, 11) is 1.31. The summed E-state index contributed by atoms with van der Waals surface area (Å²) in [4.78, 5) is 7.45. The molecule has 12 heteroatoms. The molecule has 0 radical (unpaired) electrons. The molecule has 0 aromatic carbocycles. The van der Waals surface area contributed by atoms with Crippen LogP contribution in [0.2, 0.25) is 0 Å². The molecule has 0 spiro atoms. The molecule has 0 aliphatic heterocycles. The van der Waals surface area contributed by atoms with E-state index in [0.717, 1.165) is 0 Å². The van der Waals surface area contributed by atoms with Crippen LogP contribution in [0.15, 0.2) is 12.4 Å². The number of anilines is 3. The van der Waals surface area contributed by atoms with Gasteiger partial charge in [-0.3, -0.25) is 4.68 Å². The van der Waals surface area contributed by atoms with E-state index in [-0.39, 0.29) is 18.4 Å². The van der Waals surface area contributed by atoms with Crippen molar-refractivity contribution in [2.45, 2.75) is 32.7 Å². The quantitative estimate of drug-likeness (QED) is 0.715. The Morgan fingerprint density at radius 2 is 1.96 bits per heavy atom. The zero-order valence-corrected chi connectivity index (χ0v) is 14.1.